The van der Waals surface area contributed by atoms with Crippen LogP contribution in [-0.2, 0) is 26.4 Å². The minimum Gasteiger partial charge on any atom is -0.444 e. The molecule has 1 atom stereocenters. The number of carbonyl (C=O) groups is 1. The Balaban J connectivity index is 1.56. The largest absolute Gasteiger partial charge is 0.444 e. The van der Waals surface area contributed by atoms with E-state index in [0.29, 0.717) is 55.5 Å². The van der Waals surface area contributed by atoms with Crippen LogP contribution in [0.3, 0.4) is 0 Å². The number of fused-ring (bicyclic) bond motifs is 1. The molecule has 236 valence electrons. The summed E-state index contributed by atoms with van der Waals surface area (Å²) in [6.45, 7) is 17.0. The van der Waals surface area contributed by atoms with Crippen molar-refractivity contribution in [3.63, 3.8) is 0 Å². The second-order valence-corrected chi connectivity index (χ2v) is 20.5. The zero-order valence-corrected chi connectivity index (χ0v) is 29.6. The number of nitrogens with zero attached hydrogens (tertiary/aromatic N) is 3. The molecule has 43 heavy (non-hydrogen) atoms. The van der Waals surface area contributed by atoms with E-state index in [1.807, 2.05) is 56.6 Å². The molecular weight excluding hydrogens is 653 g/mol. The molecule has 1 fully saturated rings. The molecule has 4 rings (SSSR count). The van der Waals surface area contributed by atoms with Crippen LogP contribution in [0.25, 0.3) is 10.9 Å². The van der Waals surface area contributed by atoms with Crippen LogP contribution in [0.1, 0.15) is 57.8 Å². The number of benzene rings is 2. The Bertz CT molecular complexity index is 1410. The lowest BCUT2D eigenvalue weighted by Crippen LogP contribution is -2.48. The monoisotopic (exact) mass is 695 g/mol. The standard InChI is InChI=1S/C32H44BrClFN3O4Si/c1-22(26-18-24(34)19-27-28(26)38(36-29(27)33)21-40-16-17-43(5,6)7)41-20-32(23-8-10-25(35)11-9-23)12-14-37(15-13-32)30(39)42-31(2,3)4/h8-11,18-19,22H,12-17,20-21H2,1-7H3. The van der Waals surface area contributed by atoms with Gasteiger partial charge in [-0.15, -0.1) is 0 Å². The smallest absolute Gasteiger partial charge is 0.410 e. The summed E-state index contributed by atoms with van der Waals surface area (Å²) in [5, 5.41) is 6.19. The highest BCUT2D eigenvalue weighted by Crippen LogP contribution is 2.40. The topological polar surface area (TPSA) is 65.8 Å². The summed E-state index contributed by atoms with van der Waals surface area (Å²) in [5.74, 6) is -0.286. The molecule has 0 radical (unpaired) electrons. The highest BCUT2D eigenvalue weighted by atomic mass is 79.9. The second-order valence-electron chi connectivity index (χ2n) is 13.7. The van der Waals surface area contributed by atoms with Crippen molar-refractivity contribution in [3.8, 4) is 0 Å². The van der Waals surface area contributed by atoms with E-state index in [0.717, 1.165) is 28.1 Å². The van der Waals surface area contributed by atoms with Gasteiger partial charge in [0.15, 0.2) is 0 Å². The second kappa shape index (κ2) is 13.6. The van der Waals surface area contributed by atoms with Gasteiger partial charge in [-0.3, -0.25) is 0 Å². The lowest BCUT2D eigenvalue weighted by molar-refractivity contribution is -0.00947. The molecule has 0 saturated carbocycles. The molecule has 1 aromatic heterocycles. The summed E-state index contributed by atoms with van der Waals surface area (Å²) in [6, 6.07) is 11.5. The fraction of sp³-hybridized carbons (Fsp3) is 0.562. The third kappa shape index (κ3) is 8.81. The number of likely N-dealkylation sites (tertiary alicyclic amines) is 1. The van der Waals surface area contributed by atoms with Gasteiger partial charge in [-0.05, 0) is 92.3 Å². The Hall–Kier alpha value is -1.98. The lowest BCUT2D eigenvalue weighted by Gasteiger charge is -2.42. The number of aromatic nitrogens is 2. The van der Waals surface area contributed by atoms with Crippen molar-refractivity contribution in [2.24, 2.45) is 0 Å². The van der Waals surface area contributed by atoms with Crippen molar-refractivity contribution in [3.05, 3.63) is 63.0 Å². The van der Waals surface area contributed by atoms with E-state index in [2.05, 4.69) is 35.6 Å². The maximum absolute atomic E-state index is 13.9. The number of halogens is 3. The zero-order chi connectivity index (χ0) is 31.6. The Kier molecular flexibility index (Phi) is 10.7. The minimum atomic E-state index is -1.22. The molecule has 0 N–H and O–H groups in total. The summed E-state index contributed by atoms with van der Waals surface area (Å²) >= 11 is 10.2. The number of hydrogen-bond donors (Lipinski definition) is 0. The molecule has 1 aliphatic rings. The maximum atomic E-state index is 13.9. The number of amides is 1. The van der Waals surface area contributed by atoms with Crippen LogP contribution in [0.4, 0.5) is 9.18 Å². The predicted octanol–water partition coefficient (Wildman–Crippen LogP) is 8.95. The normalized spacial score (nSPS) is 16.5. The minimum absolute atomic E-state index is 0.286. The average molecular weight is 697 g/mol. The lowest BCUT2D eigenvalue weighted by atomic mass is 9.73. The molecule has 0 aliphatic carbocycles. The van der Waals surface area contributed by atoms with Gasteiger partial charge in [-0.1, -0.05) is 43.4 Å². The summed E-state index contributed by atoms with van der Waals surface area (Å²) in [6.07, 6.45) is 0.668. The van der Waals surface area contributed by atoms with Crippen molar-refractivity contribution >= 4 is 52.6 Å². The third-order valence-corrected chi connectivity index (χ3v) is 10.4. The molecule has 1 amide bonds. The van der Waals surface area contributed by atoms with Crippen LogP contribution in [-0.4, -0.2) is 60.8 Å². The quantitative estimate of drug-likeness (QED) is 0.156. The summed E-state index contributed by atoms with van der Waals surface area (Å²) in [7, 11) is -1.22. The Morgan fingerprint density at radius 1 is 1.16 bits per heavy atom. The van der Waals surface area contributed by atoms with Crippen molar-refractivity contribution in [2.75, 3.05) is 26.3 Å². The number of rotatable bonds is 10. The van der Waals surface area contributed by atoms with E-state index < -0.39 is 19.1 Å². The molecule has 0 bridgehead atoms. The zero-order valence-electron chi connectivity index (χ0n) is 26.3. The van der Waals surface area contributed by atoms with Gasteiger partial charge in [-0.25, -0.2) is 13.9 Å². The number of piperidine rings is 1. The molecule has 1 unspecified atom stereocenters. The van der Waals surface area contributed by atoms with Crippen molar-refractivity contribution in [2.45, 2.75) is 90.1 Å². The van der Waals surface area contributed by atoms with Gasteiger partial charge < -0.3 is 19.1 Å². The highest BCUT2D eigenvalue weighted by Gasteiger charge is 2.39. The van der Waals surface area contributed by atoms with Gasteiger partial charge in [-0.2, -0.15) is 5.10 Å². The first kappa shape index (κ1) is 33.9. The van der Waals surface area contributed by atoms with Crippen molar-refractivity contribution in [1.29, 1.82) is 0 Å². The van der Waals surface area contributed by atoms with Crippen molar-refractivity contribution in [1.82, 2.24) is 14.7 Å². The van der Waals surface area contributed by atoms with Gasteiger partial charge in [0.25, 0.3) is 0 Å². The van der Waals surface area contributed by atoms with Gasteiger partial charge >= 0.3 is 6.09 Å². The molecular formula is C32H44BrClFN3O4Si. The van der Waals surface area contributed by atoms with E-state index in [4.69, 9.17) is 30.9 Å². The summed E-state index contributed by atoms with van der Waals surface area (Å²) in [4.78, 5) is 14.5. The Morgan fingerprint density at radius 3 is 2.42 bits per heavy atom. The molecule has 1 saturated heterocycles. The van der Waals surface area contributed by atoms with E-state index in [1.54, 1.807) is 4.90 Å². The first-order chi connectivity index (χ1) is 20.1. The van der Waals surface area contributed by atoms with Crippen LogP contribution in [0, 0.1) is 5.82 Å². The summed E-state index contributed by atoms with van der Waals surface area (Å²) in [5.41, 5.74) is 1.84. The highest BCUT2D eigenvalue weighted by molar-refractivity contribution is 9.10. The SMILES string of the molecule is CC(OCC1(c2ccc(F)cc2)CCN(C(=O)OC(C)(C)C)CC1)c1cc(Cl)cc2c(Br)nn(COCC[Si](C)(C)C)c12. The third-order valence-electron chi connectivity index (χ3n) is 7.88. The fourth-order valence-electron chi connectivity index (χ4n) is 5.35. The Labute approximate surface area is 269 Å². The molecule has 2 heterocycles. The van der Waals surface area contributed by atoms with Crippen LogP contribution in [0.5, 0.6) is 0 Å². The number of carbonyl (C=O) groups excluding carboxylic acids is 1. The number of ether oxygens (including phenoxy) is 3. The van der Waals surface area contributed by atoms with Gasteiger partial charge in [0.2, 0.25) is 0 Å². The van der Waals surface area contributed by atoms with Gasteiger partial charge in [0.05, 0.1) is 18.2 Å². The maximum Gasteiger partial charge on any atom is 0.410 e. The molecule has 11 heteroatoms. The molecule has 1 aliphatic heterocycles. The first-order valence-electron chi connectivity index (χ1n) is 14.9. The summed E-state index contributed by atoms with van der Waals surface area (Å²) < 4.78 is 34.8. The Morgan fingerprint density at radius 2 is 1.81 bits per heavy atom. The predicted molar refractivity (Wildman–Crippen MR) is 176 cm³/mol. The molecule has 2 aromatic carbocycles. The van der Waals surface area contributed by atoms with Crippen LogP contribution in [0.15, 0.2) is 41.0 Å². The van der Waals surface area contributed by atoms with E-state index in [1.165, 1.54) is 12.1 Å². The van der Waals surface area contributed by atoms with Crippen molar-refractivity contribution < 1.29 is 23.4 Å². The van der Waals surface area contributed by atoms with E-state index >= 15 is 0 Å². The average Bonchev–Trinajstić information content (AvgIpc) is 3.23. The van der Waals surface area contributed by atoms with Crippen LogP contribution < -0.4 is 0 Å². The van der Waals surface area contributed by atoms with Gasteiger partial charge in [0, 0.05) is 49.2 Å². The molecule has 3 aromatic rings. The molecule has 0 spiro atoms. The van der Waals surface area contributed by atoms with Crippen LogP contribution in [0.2, 0.25) is 30.7 Å². The fourth-order valence-corrected chi connectivity index (χ4v) is 6.82. The van der Waals surface area contributed by atoms with Gasteiger partial charge in [0.1, 0.15) is 22.8 Å². The van der Waals surface area contributed by atoms with Crippen LogP contribution >= 0.6 is 27.5 Å². The first-order valence-corrected chi connectivity index (χ1v) is 19.7. The number of hydrogen-bond acceptors (Lipinski definition) is 5. The van der Waals surface area contributed by atoms with E-state index in [9.17, 15) is 9.18 Å². The van der Waals surface area contributed by atoms with E-state index in [-0.39, 0.29) is 18.0 Å². The molecule has 7 nitrogen and oxygen atoms in total.